The molecule has 11 heteroatoms. The third kappa shape index (κ3) is 3.65. The molecular weight excluding hydrogens is 379 g/mol. The number of alkyl halides is 9. The summed E-state index contributed by atoms with van der Waals surface area (Å²) in [5.74, 6) is 0. The van der Waals surface area contributed by atoms with Crippen LogP contribution in [0.3, 0.4) is 0 Å². The molecule has 0 fully saturated rings. The molecule has 4 N–H and O–H groups in total. The highest BCUT2D eigenvalue weighted by Gasteiger charge is 2.47. The van der Waals surface area contributed by atoms with Crippen LogP contribution in [0.1, 0.15) is 16.7 Å². The fraction of sp³-hybridized carbons (Fsp3) is 0.200. The lowest BCUT2D eigenvalue weighted by Gasteiger charge is -2.23. The van der Waals surface area contributed by atoms with E-state index in [9.17, 15) is 39.5 Å². The predicted octanol–water partition coefficient (Wildman–Crippen LogP) is 5.57. The highest BCUT2D eigenvalue weighted by Crippen LogP contribution is 2.49. The van der Waals surface area contributed by atoms with Crippen LogP contribution in [0, 0.1) is 0 Å². The number of benzene rings is 2. The Morgan fingerprint density at radius 3 is 1.54 bits per heavy atom. The Labute approximate surface area is 140 Å². The summed E-state index contributed by atoms with van der Waals surface area (Å²) in [6, 6.07) is 2.73. The summed E-state index contributed by atoms with van der Waals surface area (Å²) in [6.07, 6.45) is -16.3. The standard InChI is InChI=1S/C15H9F9N2/c16-13(17,18)9-5-6(25)1-2-7(9)8-3-4-10(26)12(15(22,23)24)11(8)14(19,20)21/h1-5H,25-26H2. The Kier molecular flexibility index (Phi) is 4.55. The van der Waals surface area contributed by atoms with Gasteiger partial charge < -0.3 is 11.5 Å². The van der Waals surface area contributed by atoms with E-state index in [0.29, 0.717) is 24.3 Å². The Morgan fingerprint density at radius 1 is 0.577 bits per heavy atom. The molecule has 26 heavy (non-hydrogen) atoms. The molecule has 0 saturated carbocycles. The number of hydrogen-bond donors (Lipinski definition) is 2. The Bertz CT molecular complexity index is 833. The van der Waals surface area contributed by atoms with Gasteiger partial charge in [0.05, 0.1) is 16.7 Å². The third-order valence-electron chi connectivity index (χ3n) is 3.44. The van der Waals surface area contributed by atoms with Crippen molar-refractivity contribution in [3.63, 3.8) is 0 Å². The molecule has 142 valence electrons. The molecule has 2 aromatic rings. The molecule has 0 spiro atoms. The van der Waals surface area contributed by atoms with E-state index in [1.54, 1.807) is 0 Å². The van der Waals surface area contributed by atoms with E-state index in [-0.39, 0.29) is 0 Å². The molecule has 2 aromatic carbocycles. The molecule has 2 nitrogen and oxygen atoms in total. The van der Waals surface area contributed by atoms with Gasteiger partial charge in [-0.1, -0.05) is 12.1 Å². The second-order valence-electron chi connectivity index (χ2n) is 5.25. The SMILES string of the molecule is Nc1ccc(-c2ccc(N)c(C(F)(F)F)c2C(F)(F)F)c(C(F)(F)F)c1. The monoisotopic (exact) mass is 388 g/mol. The molecule has 0 radical (unpaired) electrons. The number of halogens is 9. The minimum Gasteiger partial charge on any atom is -0.399 e. The summed E-state index contributed by atoms with van der Waals surface area (Å²) in [5, 5.41) is 0. The van der Waals surface area contributed by atoms with E-state index >= 15 is 0 Å². The van der Waals surface area contributed by atoms with Crippen molar-refractivity contribution >= 4 is 11.4 Å². The van der Waals surface area contributed by atoms with Crippen LogP contribution in [0.15, 0.2) is 30.3 Å². The van der Waals surface area contributed by atoms with Gasteiger partial charge in [-0.05, 0) is 29.3 Å². The van der Waals surface area contributed by atoms with Gasteiger partial charge in [0.2, 0.25) is 0 Å². The van der Waals surface area contributed by atoms with Gasteiger partial charge in [0.25, 0.3) is 0 Å². The van der Waals surface area contributed by atoms with E-state index in [1.807, 2.05) is 0 Å². The molecule has 0 saturated heterocycles. The van der Waals surface area contributed by atoms with Crippen molar-refractivity contribution in [3.8, 4) is 11.1 Å². The summed E-state index contributed by atoms with van der Waals surface area (Å²) in [4.78, 5) is 0. The lowest BCUT2D eigenvalue weighted by molar-refractivity contribution is -0.161. The average molecular weight is 388 g/mol. The van der Waals surface area contributed by atoms with Crippen LogP contribution in [-0.4, -0.2) is 0 Å². The summed E-state index contributed by atoms with van der Waals surface area (Å²) < 4.78 is 119. The molecular formula is C15H9F9N2. The number of hydrogen-bond acceptors (Lipinski definition) is 2. The highest BCUT2D eigenvalue weighted by molar-refractivity contribution is 5.78. The summed E-state index contributed by atoms with van der Waals surface area (Å²) in [6.45, 7) is 0. The van der Waals surface area contributed by atoms with Crippen LogP contribution < -0.4 is 11.5 Å². The zero-order valence-corrected chi connectivity index (χ0v) is 12.4. The second-order valence-corrected chi connectivity index (χ2v) is 5.25. The highest BCUT2D eigenvalue weighted by atomic mass is 19.4. The van der Waals surface area contributed by atoms with Gasteiger partial charge in [-0.3, -0.25) is 0 Å². The lowest BCUT2D eigenvalue weighted by atomic mass is 9.90. The predicted molar refractivity (Wildman–Crippen MR) is 75.7 cm³/mol. The van der Waals surface area contributed by atoms with Crippen LogP contribution in [-0.2, 0) is 18.5 Å². The fourth-order valence-electron chi connectivity index (χ4n) is 2.47. The molecule has 0 aliphatic heterocycles. The van der Waals surface area contributed by atoms with Crippen LogP contribution >= 0.6 is 0 Å². The first-order valence-electron chi connectivity index (χ1n) is 6.68. The molecule has 0 aliphatic carbocycles. The maximum Gasteiger partial charge on any atom is 0.419 e. The first kappa shape index (κ1) is 19.7. The van der Waals surface area contributed by atoms with Crippen molar-refractivity contribution in [3.05, 3.63) is 47.0 Å². The van der Waals surface area contributed by atoms with E-state index in [0.717, 1.165) is 6.07 Å². The Balaban J connectivity index is 2.98. The summed E-state index contributed by atoms with van der Waals surface area (Å²) in [5.41, 5.74) is 0.0726. The zero-order chi connectivity index (χ0) is 20.1. The van der Waals surface area contributed by atoms with Gasteiger partial charge in [-0.15, -0.1) is 0 Å². The van der Waals surface area contributed by atoms with Crippen molar-refractivity contribution < 1.29 is 39.5 Å². The van der Waals surface area contributed by atoms with E-state index in [1.165, 1.54) is 0 Å². The molecule has 0 heterocycles. The van der Waals surface area contributed by atoms with E-state index in [2.05, 4.69) is 0 Å². The Hall–Kier alpha value is -2.59. The summed E-state index contributed by atoms with van der Waals surface area (Å²) >= 11 is 0. The summed E-state index contributed by atoms with van der Waals surface area (Å²) in [7, 11) is 0. The maximum absolute atomic E-state index is 13.4. The third-order valence-corrected chi connectivity index (χ3v) is 3.44. The van der Waals surface area contributed by atoms with Crippen molar-refractivity contribution in [1.29, 1.82) is 0 Å². The van der Waals surface area contributed by atoms with Crippen LogP contribution in [0.5, 0.6) is 0 Å². The molecule has 0 amide bonds. The number of rotatable bonds is 1. The largest absolute Gasteiger partial charge is 0.419 e. The Morgan fingerprint density at radius 2 is 1.08 bits per heavy atom. The zero-order valence-electron chi connectivity index (χ0n) is 12.4. The normalized spacial score (nSPS) is 13.1. The quantitative estimate of drug-likeness (QED) is 0.495. The van der Waals surface area contributed by atoms with Gasteiger partial charge in [0.1, 0.15) is 0 Å². The van der Waals surface area contributed by atoms with E-state index in [4.69, 9.17) is 11.5 Å². The average Bonchev–Trinajstić information content (AvgIpc) is 2.44. The first-order chi connectivity index (χ1) is 11.6. The molecule has 0 aromatic heterocycles. The van der Waals surface area contributed by atoms with Gasteiger partial charge in [0.15, 0.2) is 0 Å². The van der Waals surface area contributed by atoms with Crippen molar-refractivity contribution in [2.24, 2.45) is 0 Å². The molecule has 0 bridgehead atoms. The molecule has 0 aliphatic rings. The number of nitrogens with two attached hydrogens (primary N) is 2. The number of nitrogen functional groups attached to an aromatic ring is 2. The minimum atomic E-state index is -5.61. The molecule has 0 atom stereocenters. The van der Waals surface area contributed by atoms with Crippen molar-refractivity contribution in [1.82, 2.24) is 0 Å². The second kappa shape index (κ2) is 5.99. The minimum absolute atomic E-state index is 0.346. The van der Waals surface area contributed by atoms with E-state index < -0.39 is 57.7 Å². The maximum atomic E-state index is 13.4. The van der Waals surface area contributed by atoms with Crippen LogP contribution in [0.4, 0.5) is 50.9 Å². The first-order valence-corrected chi connectivity index (χ1v) is 6.68. The van der Waals surface area contributed by atoms with Crippen molar-refractivity contribution in [2.45, 2.75) is 18.5 Å². The van der Waals surface area contributed by atoms with Gasteiger partial charge in [0, 0.05) is 11.4 Å². The lowest BCUT2D eigenvalue weighted by Crippen LogP contribution is -2.20. The molecule has 2 rings (SSSR count). The smallest absolute Gasteiger partial charge is 0.399 e. The van der Waals surface area contributed by atoms with Crippen molar-refractivity contribution in [2.75, 3.05) is 11.5 Å². The topological polar surface area (TPSA) is 52.0 Å². The van der Waals surface area contributed by atoms with Gasteiger partial charge >= 0.3 is 18.5 Å². The van der Waals surface area contributed by atoms with Gasteiger partial charge in [-0.25, -0.2) is 0 Å². The van der Waals surface area contributed by atoms with Crippen LogP contribution in [0.25, 0.3) is 11.1 Å². The molecule has 0 unspecified atom stereocenters. The van der Waals surface area contributed by atoms with Crippen LogP contribution in [0.2, 0.25) is 0 Å². The number of anilines is 2. The fourth-order valence-corrected chi connectivity index (χ4v) is 2.47. The van der Waals surface area contributed by atoms with Gasteiger partial charge in [-0.2, -0.15) is 39.5 Å².